The average molecular weight is 370 g/mol. The van der Waals surface area contributed by atoms with Crippen molar-refractivity contribution in [2.24, 2.45) is 0 Å². The predicted octanol–water partition coefficient (Wildman–Crippen LogP) is 3.89. The predicted molar refractivity (Wildman–Crippen MR) is 103 cm³/mol. The van der Waals surface area contributed by atoms with E-state index in [1.165, 1.54) is 11.8 Å². The van der Waals surface area contributed by atoms with Gasteiger partial charge in [-0.3, -0.25) is 9.89 Å². The summed E-state index contributed by atoms with van der Waals surface area (Å²) in [4.78, 5) is 17.0. The lowest BCUT2D eigenvalue weighted by Gasteiger charge is -2.05. The highest BCUT2D eigenvalue weighted by Crippen LogP contribution is 2.23. The number of H-pyrrole nitrogens is 1. The molecule has 1 aromatic carbocycles. The summed E-state index contributed by atoms with van der Waals surface area (Å²) in [5.74, 6) is 1.87. The van der Waals surface area contributed by atoms with Gasteiger partial charge in [-0.2, -0.15) is 0 Å². The Morgan fingerprint density at radius 2 is 2.00 bits per heavy atom. The van der Waals surface area contributed by atoms with E-state index in [1.807, 2.05) is 44.2 Å². The number of hydrogen-bond acceptors (Lipinski definition) is 5. The molecule has 0 radical (unpaired) electrons. The number of rotatable bonds is 7. The lowest BCUT2D eigenvalue weighted by Crippen LogP contribution is -2.06. The van der Waals surface area contributed by atoms with Gasteiger partial charge in [-0.05, 0) is 51.1 Å². The maximum atomic E-state index is 12.6. The average Bonchev–Trinajstić information content (AvgIpc) is 3.24. The van der Waals surface area contributed by atoms with Crippen LogP contribution in [0.5, 0.6) is 5.75 Å². The number of aromatic amines is 1. The Bertz CT molecular complexity index is 912. The molecule has 0 bridgehead atoms. The van der Waals surface area contributed by atoms with E-state index < -0.39 is 0 Å². The molecule has 0 aliphatic carbocycles. The van der Waals surface area contributed by atoms with E-state index in [-0.39, 0.29) is 5.78 Å². The highest BCUT2D eigenvalue weighted by molar-refractivity contribution is 7.99. The number of carbonyl (C=O) groups is 1. The first-order valence-electron chi connectivity index (χ1n) is 8.43. The van der Waals surface area contributed by atoms with Gasteiger partial charge in [0.15, 0.2) is 11.6 Å². The number of ether oxygens (including phenoxy) is 1. The fourth-order valence-corrected chi connectivity index (χ4v) is 3.65. The van der Waals surface area contributed by atoms with E-state index in [9.17, 15) is 4.79 Å². The molecule has 0 saturated carbocycles. The number of aryl methyl sites for hydroxylation is 1. The molecule has 0 amide bonds. The third-order valence-electron chi connectivity index (χ3n) is 4.35. The molecule has 0 aliphatic rings. The minimum atomic E-state index is 0.0959. The smallest absolute Gasteiger partial charge is 0.209 e. The second-order valence-electron chi connectivity index (χ2n) is 5.94. The van der Waals surface area contributed by atoms with Gasteiger partial charge in [-0.25, -0.2) is 4.98 Å². The van der Waals surface area contributed by atoms with Crippen LogP contribution in [0.1, 0.15) is 28.7 Å². The van der Waals surface area contributed by atoms with E-state index in [0.29, 0.717) is 16.7 Å². The molecule has 3 aromatic rings. The Balaban J connectivity index is 1.67. The highest BCUT2D eigenvalue weighted by atomic mass is 32.2. The molecule has 0 fully saturated rings. The monoisotopic (exact) mass is 370 g/mol. The number of carbonyl (C=O) groups excluding carboxylic acids is 1. The van der Waals surface area contributed by atoms with Crippen molar-refractivity contribution in [2.75, 3.05) is 12.9 Å². The Morgan fingerprint density at radius 1 is 1.27 bits per heavy atom. The number of Topliss-reactive ketones (excluding diaryl/α,β-unsaturated/α-hetero) is 1. The summed E-state index contributed by atoms with van der Waals surface area (Å²) in [6.45, 7) is 6.96. The topological polar surface area (TPSA) is 72.8 Å². The van der Waals surface area contributed by atoms with Crippen molar-refractivity contribution in [3.8, 4) is 17.1 Å². The summed E-state index contributed by atoms with van der Waals surface area (Å²) in [5.41, 5.74) is 3.83. The zero-order valence-electron chi connectivity index (χ0n) is 15.4. The number of nitrogens with one attached hydrogen (secondary N) is 1. The number of nitrogens with zero attached hydrogens (tertiary/aromatic N) is 3. The number of methoxy groups -OCH3 is 1. The molecule has 0 unspecified atom stereocenters. The van der Waals surface area contributed by atoms with Crippen molar-refractivity contribution < 1.29 is 9.53 Å². The molecule has 0 aliphatic heterocycles. The second kappa shape index (κ2) is 7.78. The van der Waals surface area contributed by atoms with Crippen molar-refractivity contribution >= 4 is 17.5 Å². The minimum absolute atomic E-state index is 0.0959. The Hall–Kier alpha value is -2.54. The van der Waals surface area contributed by atoms with Gasteiger partial charge >= 0.3 is 0 Å². The van der Waals surface area contributed by atoms with Crippen LogP contribution in [0.3, 0.4) is 0 Å². The number of hydrogen-bond donors (Lipinski definition) is 1. The van der Waals surface area contributed by atoms with E-state index in [2.05, 4.69) is 26.7 Å². The first kappa shape index (κ1) is 18.3. The van der Waals surface area contributed by atoms with Crippen LogP contribution in [0.2, 0.25) is 0 Å². The van der Waals surface area contributed by atoms with Crippen molar-refractivity contribution in [1.82, 2.24) is 19.7 Å². The van der Waals surface area contributed by atoms with Crippen LogP contribution in [0.15, 0.2) is 35.5 Å². The lowest BCUT2D eigenvalue weighted by atomic mass is 10.2. The quantitative estimate of drug-likeness (QED) is 0.504. The molecule has 7 heteroatoms. The summed E-state index contributed by atoms with van der Waals surface area (Å²) in [6.07, 6.45) is 0. The van der Waals surface area contributed by atoms with Crippen molar-refractivity contribution in [2.45, 2.75) is 32.5 Å². The largest absolute Gasteiger partial charge is 0.497 e. The molecule has 0 atom stereocenters. The molecule has 136 valence electrons. The molecular weight excluding hydrogens is 348 g/mol. The van der Waals surface area contributed by atoms with Gasteiger partial charge in [0, 0.05) is 29.1 Å². The van der Waals surface area contributed by atoms with E-state index >= 15 is 0 Å². The van der Waals surface area contributed by atoms with Crippen LogP contribution in [-0.4, -0.2) is 38.4 Å². The number of ketones is 1. The summed E-state index contributed by atoms with van der Waals surface area (Å²) < 4.78 is 7.30. The van der Waals surface area contributed by atoms with E-state index in [0.717, 1.165) is 34.8 Å². The SMILES string of the molecule is CCn1c(C)cc(C(=O)CSc2n[nH]c(-c3ccc(OC)cc3)n2)c1C. The van der Waals surface area contributed by atoms with E-state index in [1.54, 1.807) is 7.11 Å². The Kier molecular flexibility index (Phi) is 5.46. The molecule has 2 aromatic heterocycles. The first-order valence-corrected chi connectivity index (χ1v) is 9.41. The fraction of sp³-hybridized carbons (Fsp3) is 0.316. The lowest BCUT2D eigenvalue weighted by molar-refractivity contribution is 0.102. The second-order valence-corrected chi connectivity index (χ2v) is 6.88. The maximum Gasteiger partial charge on any atom is 0.209 e. The summed E-state index contributed by atoms with van der Waals surface area (Å²) in [5, 5.41) is 7.68. The van der Waals surface area contributed by atoms with Crippen LogP contribution < -0.4 is 4.74 Å². The molecular formula is C19H22N4O2S. The van der Waals surface area contributed by atoms with Crippen molar-refractivity contribution in [1.29, 1.82) is 0 Å². The van der Waals surface area contributed by atoms with E-state index in [4.69, 9.17) is 4.74 Å². The normalized spacial score (nSPS) is 10.9. The maximum absolute atomic E-state index is 12.6. The zero-order chi connectivity index (χ0) is 18.7. The standard InChI is InChI=1S/C19H22N4O2S/c1-5-23-12(2)10-16(13(23)3)17(24)11-26-19-20-18(21-22-19)14-6-8-15(25-4)9-7-14/h6-10H,5,11H2,1-4H3,(H,20,21,22). The molecule has 0 saturated heterocycles. The first-order chi connectivity index (χ1) is 12.5. The van der Waals surface area contributed by atoms with Crippen LogP contribution in [0.4, 0.5) is 0 Å². The minimum Gasteiger partial charge on any atom is -0.497 e. The number of thioether (sulfide) groups is 1. The van der Waals surface area contributed by atoms with Crippen LogP contribution in [0.25, 0.3) is 11.4 Å². The Labute approximate surface area is 157 Å². The van der Waals surface area contributed by atoms with Crippen molar-refractivity contribution in [3.63, 3.8) is 0 Å². The van der Waals surface area contributed by atoms with Crippen LogP contribution in [0, 0.1) is 13.8 Å². The zero-order valence-corrected chi connectivity index (χ0v) is 16.2. The van der Waals surface area contributed by atoms with Gasteiger partial charge in [-0.1, -0.05) is 11.8 Å². The third-order valence-corrected chi connectivity index (χ3v) is 5.20. The molecule has 0 spiro atoms. The van der Waals surface area contributed by atoms with Gasteiger partial charge in [0.2, 0.25) is 5.16 Å². The number of aromatic nitrogens is 4. The molecule has 3 rings (SSSR count). The summed E-state index contributed by atoms with van der Waals surface area (Å²) in [7, 11) is 1.63. The Morgan fingerprint density at radius 3 is 2.62 bits per heavy atom. The molecule has 6 nitrogen and oxygen atoms in total. The number of benzene rings is 1. The van der Waals surface area contributed by atoms with Crippen LogP contribution in [-0.2, 0) is 6.54 Å². The fourth-order valence-electron chi connectivity index (χ4n) is 2.97. The van der Waals surface area contributed by atoms with Crippen LogP contribution >= 0.6 is 11.8 Å². The molecule has 1 N–H and O–H groups in total. The summed E-state index contributed by atoms with van der Waals surface area (Å²) >= 11 is 1.34. The van der Waals surface area contributed by atoms with Gasteiger partial charge in [0.05, 0.1) is 12.9 Å². The van der Waals surface area contributed by atoms with Gasteiger partial charge < -0.3 is 9.30 Å². The molecule has 26 heavy (non-hydrogen) atoms. The summed E-state index contributed by atoms with van der Waals surface area (Å²) in [6, 6.07) is 9.54. The third kappa shape index (κ3) is 3.67. The van der Waals surface area contributed by atoms with Gasteiger partial charge in [0.1, 0.15) is 5.75 Å². The molecule has 2 heterocycles. The van der Waals surface area contributed by atoms with Crippen molar-refractivity contribution in [3.05, 3.63) is 47.3 Å². The van der Waals surface area contributed by atoms with Gasteiger partial charge in [0.25, 0.3) is 0 Å². The van der Waals surface area contributed by atoms with Gasteiger partial charge in [-0.15, -0.1) is 5.10 Å². The highest BCUT2D eigenvalue weighted by Gasteiger charge is 2.16.